The summed E-state index contributed by atoms with van der Waals surface area (Å²) >= 11 is 0. The van der Waals surface area contributed by atoms with E-state index in [9.17, 15) is 0 Å². The first-order chi connectivity index (χ1) is 5.27. The van der Waals surface area contributed by atoms with E-state index < -0.39 is 0 Å². The van der Waals surface area contributed by atoms with E-state index in [1.165, 1.54) is 26.9 Å². The summed E-state index contributed by atoms with van der Waals surface area (Å²) in [5.74, 6) is 0. The van der Waals surface area contributed by atoms with Gasteiger partial charge < -0.3 is 0 Å². The Kier molecular flexibility index (Phi) is 3.01. The Morgan fingerprint density at radius 2 is 2.08 bits per heavy atom. The van der Waals surface area contributed by atoms with Gasteiger partial charge >= 0.3 is 18.9 Å². The molecule has 1 unspecified atom stereocenters. The van der Waals surface area contributed by atoms with Gasteiger partial charge in [0.1, 0.15) is 0 Å². The zero-order valence-electron chi connectivity index (χ0n) is 6.96. The molecule has 0 saturated heterocycles. The Labute approximate surface area is 88.7 Å². The van der Waals surface area contributed by atoms with Gasteiger partial charge in [0.2, 0.25) is 0 Å². The van der Waals surface area contributed by atoms with Gasteiger partial charge in [-0.15, -0.1) is 0 Å². The third-order valence-corrected chi connectivity index (χ3v) is 3.30. The third kappa shape index (κ3) is 1.59. The normalized spacial score (nSPS) is 18.9. The average molecular weight is 168 g/mol. The number of rotatable bonds is 0. The third-order valence-electron chi connectivity index (χ3n) is 2.30. The molecule has 0 nitrogen and oxygen atoms in total. The Balaban J connectivity index is 0.000000720. The van der Waals surface area contributed by atoms with Crippen LogP contribution in [-0.4, -0.2) is 29.1 Å². The van der Waals surface area contributed by atoms with Gasteiger partial charge in [0.05, 0.1) is 0 Å². The standard InChI is InChI=1S/C10H12Si.Li.H/c1-7-2-3-8-4-5-10(11)9(8)6-7;;/h2-6,10H,1,11H3;;. The summed E-state index contributed by atoms with van der Waals surface area (Å²) < 4.78 is 0. The maximum absolute atomic E-state index is 2.32. The van der Waals surface area contributed by atoms with E-state index in [1.807, 2.05) is 0 Å². The zero-order chi connectivity index (χ0) is 7.84. The molecule has 0 N–H and O–H groups in total. The summed E-state index contributed by atoms with van der Waals surface area (Å²) in [5.41, 5.74) is 5.10. The Bertz CT molecular complexity index is 318. The molecule has 1 aliphatic rings. The maximum atomic E-state index is 2.32. The molecule has 0 bridgehead atoms. The van der Waals surface area contributed by atoms with Crippen LogP contribution in [0, 0.1) is 6.92 Å². The molecular formula is C10H13LiSi. The zero-order valence-corrected chi connectivity index (χ0v) is 8.96. The van der Waals surface area contributed by atoms with Gasteiger partial charge in [-0.2, -0.15) is 0 Å². The molecule has 0 amide bonds. The van der Waals surface area contributed by atoms with E-state index in [2.05, 4.69) is 37.3 Å². The summed E-state index contributed by atoms with van der Waals surface area (Å²) in [6.07, 6.45) is 4.56. The van der Waals surface area contributed by atoms with E-state index in [0.29, 0.717) is 0 Å². The van der Waals surface area contributed by atoms with Crippen molar-refractivity contribution in [2.24, 2.45) is 0 Å². The molecular weight excluding hydrogens is 155 g/mol. The molecule has 1 aromatic rings. The quantitative estimate of drug-likeness (QED) is 0.502. The molecule has 0 radical (unpaired) electrons. The van der Waals surface area contributed by atoms with Crippen LogP contribution in [0.2, 0.25) is 0 Å². The van der Waals surface area contributed by atoms with Gasteiger partial charge in [-0.05, 0) is 23.6 Å². The summed E-state index contributed by atoms with van der Waals surface area (Å²) in [5, 5.41) is 0. The van der Waals surface area contributed by atoms with Gasteiger partial charge in [-0.25, -0.2) is 0 Å². The fourth-order valence-electron chi connectivity index (χ4n) is 1.59. The van der Waals surface area contributed by atoms with Crippen molar-refractivity contribution in [3.63, 3.8) is 0 Å². The number of hydrogen-bond acceptors (Lipinski definition) is 0. The van der Waals surface area contributed by atoms with Crippen LogP contribution in [0.25, 0.3) is 6.08 Å². The van der Waals surface area contributed by atoms with E-state index >= 15 is 0 Å². The Hall–Kier alpha value is -0.226. The van der Waals surface area contributed by atoms with E-state index in [1.54, 1.807) is 0 Å². The summed E-state index contributed by atoms with van der Waals surface area (Å²) in [6.45, 7) is 2.16. The SMILES string of the molecule is Cc1ccc2c(c1)C([SiH3])C=C2.[LiH]. The van der Waals surface area contributed by atoms with E-state index in [4.69, 9.17) is 0 Å². The fourth-order valence-corrected chi connectivity index (χ4v) is 2.28. The monoisotopic (exact) mass is 168 g/mol. The van der Waals surface area contributed by atoms with Crippen molar-refractivity contribution < 1.29 is 0 Å². The van der Waals surface area contributed by atoms with Gasteiger partial charge in [0.25, 0.3) is 0 Å². The molecule has 1 aromatic carbocycles. The van der Waals surface area contributed by atoms with E-state index in [0.717, 1.165) is 5.54 Å². The molecule has 58 valence electrons. The molecule has 0 aliphatic heterocycles. The van der Waals surface area contributed by atoms with Crippen molar-refractivity contribution in [3.05, 3.63) is 41.0 Å². The first-order valence-electron chi connectivity index (χ1n) is 4.06. The van der Waals surface area contributed by atoms with Crippen LogP contribution < -0.4 is 0 Å². The summed E-state index contributed by atoms with van der Waals surface area (Å²) in [4.78, 5) is 0. The number of hydrogen-bond donors (Lipinski definition) is 0. The Morgan fingerprint density at radius 1 is 1.33 bits per heavy atom. The van der Waals surface area contributed by atoms with Crippen molar-refractivity contribution in [1.29, 1.82) is 0 Å². The molecule has 0 aromatic heterocycles. The molecule has 0 saturated carbocycles. The molecule has 0 heterocycles. The second kappa shape index (κ2) is 3.66. The topological polar surface area (TPSA) is 0 Å². The van der Waals surface area contributed by atoms with Crippen molar-refractivity contribution in [1.82, 2.24) is 0 Å². The number of fused-ring (bicyclic) bond motifs is 1. The average Bonchev–Trinajstić information content (AvgIpc) is 2.33. The van der Waals surface area contributed by atoms with Crippen LogP contribution >= 0.6 is 0 Å². The fraction of sp³-hybridized carbons (Fsp3) is 0.200. The predicted molar refractivity (Wildman–Crippen MR) is 60.0 cm³/mol. The van der Waals surface area contributed by atoms with E-state index in [-0.39, 0.29) is 18.9 Å². The number of benzene rings is 1. The molecule has 12 heavy (non-hydrogen) atoms. The summed E-state index contributed by atoms with van der Waals surface area (Å²) in [7, 11) is 1.24. The minimum atomic E-state index is 0. The van der Waals surface area contributed by atoms with Crippen molar-refractivity contribution in [2.45, 2.75) is 12.5 Å². The van der Waals surface area contributed by atoms with Crippen LogP contribution in [0.5, 0.6) is 0 Å². The first-order valence-corrected chi connectivity index (χ1v) is 5.21. The van der Waals surface area contributed by atoms with Crippen molar-refractivity contribution >= 4 is 35.2 Å². The molecule has 1 aliphatic carbocycles. The van der Waals surface area contributed by atoms with Gasteiger partial charge in [0.15, 0.2) is 0 Å². The van der Waals surface area contributed by atoms with Crippen LogP contribution in [0.4, 0.5) is 0 Å². The second-order valence-electron chi connectivity index (χ2n) is 3.28. The molecule has 2 rings (SSSR count). The first kappa shape index (κ1) is 9.86. The minimum absolute atomic E-state index is 0. The molecule has 2 heteroatoms. The van der Waals surface area contributed by atoms with Gasteiger partial charge in [0, 0.05) is 10.2 Å². The molecule has 1 atom stereocenters. The van der Waals surface area contributed by atoms with Crippen LogP contribution in [0.1, 0.15) is 22.2 Å². The van der Waals surface area contributed by atoms with Gasteiger partial charge in [-0.1, -0.05) is 35.9 Å². The molecule has 0 spiro atoms. The van der Waals surface area contributed by atoms with Crippen LogP contribution in [0.3, 0.4) is 0 Å². The second-order valence-corrected chi connectivity index (χ2v) is 4.52. The van der Waals surface area contributed by atoms with Gasteiger partial charge in [-0.3, -0.25) is 0 Å². The van der Waals surface area contributed by atoms with Crippen LogP contribution in [-0.2, 0) is 0 Å². The number of allylic oxidation sites excluding steroid dienone is 1. The van der Waals surface area contributed by atoms with Crippen LogP contribution in [0.15, 0.2) is 24.3 Å². The van der Waals surface area contributed by atoms with Crippen molar-refractivity contribution in [3.8, 4) is 0 Å². The Morgan fingerprint density at radius 3 is 2.83 bits per heavy atom. The molecule has 0 fully saturated rings. The summed E-state index contributed by atoms with van der Waals surface area (Å²) in [6, 6.07) is 6.72. The van der Waals surface area contributed by atoms with Crippen molar-refractivity contribution in [2.75, 3.05) is 0 Å². The number of aryl methyl sites for hydroxylation is 1. The predicted octanol–water partition coefficient (Wildman–Crippen LogP) is 0.780.